The number of benzene rings is 1. The SMILES string of the molecule is O=C(Nc1ccc(I)cc1Cl)c1cc(C(=O)O)on1. The summed E-state index contributed by atoms with van der Waals surface area (Å²) in [4.78, 5) is 22.4. The zero-order chi connectivity index (χ0) is 14.0. The number of anilines is 1. The molecule has 0 fully saturated rings. The monoisotopic (exact) mass is 392 g/mol. The van der Waals surface area contributed by atoms with Crippen molar-refractivity contribution in [2.75, 3.05) is 5.32 Å². The number of hydrogen-bond donors (Lipinski definition) is 2. The molecule has 0 atom stereocenters. The topological polar surface area (TPSA) is 92.4 Å². The zero-order valence-corrected chi connectivity index (χ0v) is 12.1. The molecule has 2 rings (SSSR count). The molecule has 1 aromatic carbocycles. The van der Waals surface area contributed by atoms with Crippen molar-refractivity contribution >= 4 is 51.8 Å². The van der Waals surface area contributed by atoms with E-state index in [0.717, 1.165) is 9.64 Å². The first-order chi connectivity index (χ1) is 8.97. The average Bonchev–Trinajstić information content (AvgIpc) is 2.82. The summed E-state index contributed by atoms with van der Waals surface area (Å²) in [6.45, 7) is 0. The maximum Gasteiger partial charge on any atom is 0.374 e. The summed E-state index contributed by atoms with van der Waals surface area (Å²) in [5.41, 5.74) is 0.277. The highest BCUT2D eigenvalue weighted by Crippen LogP contribution is 2.24. The Morgan fingerprint density at radius 1 is 1.37 bits per heavy atom. The van der Waals surface area contributed by atoms with Gasteiger partial charge >= 0.3 is 5.97 Å². The van der Waals surface area contributed by atoms with Crippen molar-refractivity contribution in [2.24, 2.45) is 0 Å². The Hall–Kier alpha value is -1.61. The molecular formula is C11H6ClIN2O4. The molecule has 0 radical (unpaired) electrons. The molecule has 2 N–H and O–H groups in total. The molecule has 1 heterocycles. The highest BCUT2D eigenvalue weighted by atomic mass is 127. The van der Waals surface area contributed by atoms with Gasteiger partial charge < -0.3 is 14.9 Å². The highest BCUT2D eigenvalue weighted by molar-refractivity contribution is 14.1. The van der Waals surface area contributed by atoms with Crippen LogP contribution in [0.3, 0.4) is 0 Å². The van der Waals surface area contributed by atoms with Gasteiger partial charge in [0, 0.05) is 9.64 Å². The number of aromatic carboxylic acids is 1. The lowest BCUT2D eigenvalue weighted by atomic mass is 10.3. The molecule has 0 aliphatic rings. The number of carbonyl (C=O) groups is 2. The minimum Gasteiger partial charge on any atom is -0.475 e. The minimum atomic E-state index is -1.29. The third-order valence-electron chi connectivity index (χ3n) is 2.13. The predicted octanol–water partition coefficient (Wildman–Crippen LogP) is 2.88. The van der Waals surface area contributed by atoms with Gasteiger partial charge in [-0.25, -0.2) is 4.79 Å². The number of carboxylic acid groups (broad SMARTS) is 1. The molecule has 1 aromatic heterocycles. The lowest BCUT2D eigenvalue weighted by Gasteiger charge is -2.05. The second-order valence-corrected chi connectivity index (χ2v) is 5.11. The van der Waals surface area contributed by atoms with Gasteiger partial charge in [-0.3, -0.25) is 4.79 Å². The fraction of sp³-hybridized carbons (Fsp3) is 0. The first-order valence-electron chi connectivity index (χ1n) is 4.94. The summed E-state index contributed by atoms with van der Waals surface area (Å²) in [6.07, 6.45) is 0. The van der Waals surface area contributed by atoms with Crippen LogP contribution in [-0.2, 0) is 0 Å². The normalized spacial score (nSPS) is 10.2. The number of carboxylic acids is 1. The number of aromatic nitrogens is 1. The van der Waals surface area contributed by atoms with Crippen LogP contribution in [0.4, 0.5) is 5.69 Å². The van der Waals surface area contributed by atoms with E-state index in [-0.39, 0.29) is 5.69 Å². The number of halogens is 2. The van der Waals surface area contributed by atoms with Gasteiger partial charge in [-0.1, -0.05) is 16.8 Å². The summed E-state index contributed by atoms with van der Waals surface area (Å²) in [6, 6.07) is 6.13. The molecule has 1 amide bonds. The van der Waals surface area contributed by atoms with Crippen LogP contribution in [0.5, 0.6) is 0 Å². The third-order valence-corrected chi connectivity index (χ3v) is 3.12. The van der Waals surface area contributed by atoms with E-state index in [1.807, 2.05) is 0 Å². The summed E-state index contributed by atoms with van der Waals surface area (Å²) >= 11 is 8.05. The van der Waals surface area contributed by atoms with Gasteiger partial charge in [0.1, 0.15) is 0 Å². The third kappa shape index (κ3) is 3.24. The van der Waals surface area contributed by atoms with Crippen LogP contribution in [0.2, 0.25) is 5.02 Å². The minimum absolute atomic E-state index is 0.132. The molecule has 98 valence electrons. The van der Waals surface area contributed by atoms with Crippen LogP contribution in [0, 0.1) is 3.57 Å². The van der Waals surface area contributed by atoms with E-state index in [0.29, 0.717) is 10.7 Å². The van der Waals surface area contributed by atoms with Crippen molar-refractivity contribution in [1.29, 1.82) is 0 Å². The van der Waals surface area contributed by atoms with E-state index in [9.17, 15) is 9.59 Å². The van der Waals surface area contributed by atoms with Gasteiger partial charge in [0.05, 0.1) is 10.7 Å². The Morgan fingerprint density at radius 2 is 2.11 bits per heavy atom. The Labute approximate surface area is 125 Å². The molecule has 8 heteroatoms. The van der Waals surface area contributed by atoms with E-state index in [2.05, 4.69) is 37.6 Å². The van der Waals surface area contributed by atoms with Crippen LogP contribution >= 0.6 is 34.2 Å². The van der Waals surface area contributed by atoms with E-state index in [1.54, 1.807) is 18.2 Å². The molecule has 0 bridgehead atoms. The highest BCUT2D eigenvalue weighted by Gasteiger charge is 2.17. The Kier molecular flexibility index (Phi) is 4.05. The van der Waals surface area contributed by atoms with Crippen molar-refractivity contribution in [3.05, 3.63) is 44.3 Å². The van der Waals surface area contributed by atoms with Gasteiger partial charge in [0.2, 0.25) is 5.76 Å². The van der Waals surface area contributed by atoms with Gasteiger partial charge in [-0.15, -0.1) is 0 Å². The zero-order valence-electron chi connectivity index (χ0n) is 9.18. The Morgan fingerprint density at radius 3 is 2.68 bits per heavy atom. The Balaban J connectivity index is 2.18. The van der Waals surface area contributed by atoms with Crippen molar-refractivity contribution in [3.63, 3.8) is 0 Å². The molecule has 0 spiro atoms. The molecule has 19 heavy (non-hydrogen) atoms. The quantitative estimate of drug-likeness (QED) is 0.784. The first-order valence-corrected chi connectivity index (χ1v) is 6.39. The van der Waals surface area contributed by atoms with Gasteiger partial charge in [0.25, 0.3) is 5.91 Å². The number of nitrogens with zero attached hydrogens (tertiary/aromatic N) is 1. The number of rotatable bonds is 3. The second kappa shape index (κ2) is 5.57. The lowest BCUT2D eigenvalue weighted by molar-refractivity contribution is 0.0651. The van der Waals surface area contributed by atoms with Crippen molar-refractivity contribution in [3.8, 4) is 0 Å². The molecule has 0 aliphatic carbocycles. The first kappa shape index (κ1) is 13.8. The van der Waals surface area contributed by atoms with Crippen LogP contribution in [0.25, 0.3) is 0 Å². The van der Waals surface area contributed by atoms with Crippen LogP contribution in [-0.4, -0.2) is 22.1 Å². The molecule has 0 saturated carbocycles. The van der Waals surface area contributed by atoms with Crippen molar-refractivity contribution in [1.82, 2.24) is 5.16 Å². The summed E-state index contributed by atoms with van der Waals surface area (Å²) < 4.78 is 5.42. The Bertz CT molecular complexity index is 656. The smallest absolute Gasteiger partial charge is 0.374 e. The fourth-order valence-corrected chi connectivity index (χ4v) is 2.16. The molecule has 6 nitrogen and oxygen atoms in total. The summed E-state index contributed by atoms with van der Waals surface area (Å²) in [5.74, 6) is -2.29. The fourth-order valence-electron chi connectivity index (χ4n) is 1.26. The van der Waals surface area contributed by atoms with E-state index < -0.39 is 17.6 Å². The van der Waals surface area contributed by atoms with Gasteiger partial charge in [0.15, 0.2) is 5.69 Å². The van der Waals surface area contributed by atoms with E-state index in [4.69, 9.17) is 16.7 Å². The van der Waals surface area contributed by atoms with E-state index in [1.165, 1.54) is 0 Å². The summed E-state index contributed by atoms with van der Waals surface area (Å²) in [7, 11) is 0. The molecule has 0 saturated heterocycles. The number of nitrogens with one attached hydrogen (secondary N) is 1. The maximum absolute atomic E-state index is 11.8. The summed E-state index contributed by atoms with van der Waals surface area (Å²) in [5, 5.41) is 14.9. The molecule has 0 aliphatic heterocycles. The number of amides is 1. The lowest BCUT2D eigenvalue weighted by Crippen LogP contribution is -2.12. The van der Waals surface area contributed by atoms with Crippen molar-refractivity contribution in [2.45, 2.75) is 0 Å². The van der Waals surface area contributed by atoms with Crippen LogP contribution in [0.15, 0.2) is 28.8 Å². The van der Waals surface area contributed by atoms with Crippen LogP contribution < -0.4 is 5.32 Å². The predicted molar refractivity (Wildman–Crippen MR) is 75.6 cm³/mol. The van der Waals surface area contributed by atoms with E-state index >= 15 is 0 Å². The van der Waals surface area contributed by atoms with Gasteiger partial charge in [-0.05, 0) is 40.8 Å². The maximum atomic E-state index is 11.8. The second-order valence-electron chi connectivity index (χ2n) is 3.46. The largest absolute Gasteiger partial charge is 0.475 e. The van der Waals surface area contributed by atoms with Crippen molar-refractivity contribution < 1.29 is 19.2 Å². The average molecular weight is 393 g/mol. The number of carbonyl (C=O) groups excluding carboxylic acids is 1. The standard InChI is InChI=1S/C11H6ClIN2O4/c12-6-3-5(13)1-2-7(6)14-10(16)8-4-9(11(17)18)19-15-8/h1-4H,(H,14,16)(H,17,18). The number of hydrogen-bond acceptors (Lipinski definition) is 4. The molecule has 0 unspecified atom stereocenters. The van der Waals surface area contributed by atoms with Gasteiger partial charge in [-0.2, -0.15) is 0 Å². The molecule has 2 aromatic rings. The van der Waals surface area contributed by atoms with Crippen LogP contribution in [0.1, 0.15) is 21.0 Å². The molecular weight excluding hydrogens is 386 g/mol.